The molecule has 0 saturated carbocycles. The zero-order valence-electron chi connectivity index (χ0n) is 9.07. The fourth-order valence-electron chi connectivity index (χ4n) is 1.35. The molecule has 0 aromatic carbocycles. The normalized spacial score (nSPS) is 12.4. The monoisotopic (exact) mass is 341 g/mol. The highest BCUT2D eigenvalue weighted by Crippen LogP contribution is 2.41. The minimum absolute atomic E-state index is 0.113. The molecule has 0 aliphatic rings. The van der Waals surface area contributed by atoms with Crippen LogP contribution in [0.15, 0.2) is 6.20 Å². The molecule has 0 atom stereocenters. The summed E-state index contributed by atoms with van der Waals surface area (Å²) in [5, 5.41) is -1.38. The molecular formula is C9H3Cl2F6NO2. The highest BCUT2D eigenvalue weighted by molar-refractivity contribution is 6.67. The van der Waals surface area contributed by atoms with E-state index in [1.807, 2.05) is 0 Å². The average Bonchev–Trinajstić information content (AvgIpc) is 2.23. The molecule has 20 heavy (non-hydrogen) atoms. The van der Waals surface area contributed by atoms with Gasteiger partial charge in [0.2, 0.25) is 0 Å². The third-order valence-electron chi connectivity index (χ3n) is 1.97. The highest BCUT2D eigenvalue weighted by Gasteiger charge is 2.42. The van der Waals surface area contributed by atoms with Crippen LogP contribution in [0.3, 0.4) is 0 Å². The van der Waals surface area contributed by atoms with E-state index in [4.69, 9.17) is 23.2 Å². The summed E-state index contributed by atoms with van der Waals surface area (Å²) >= 11 is 10.2. The van der Waals surface area contributed by atoms with Crippen LogP contribution in [0, 0.1) is 0 Å². The van der Waals surface area contributed by atoms with E-state index in [1.54, 1.807) is 0 Å². The summed E-state index contributed by atoms with van der Waals surface area (Å²) in [6.07, 6.45) is -10.5. The van der Waals surface area contributed by atoms with Crippen LogP contribution in [0.2, 0.25) is 0 Å². The number of pyridine rings is 1. The number of nitrogens with zero attached hydrogens (tertiary/aromatic N) is 1. The van der Waals surface area contributed by atoms with Crippen LogP contribution in [0.25, 0.3) is 0 Å². The maximum absolute atomic E-state index is 12.8. The third-order valence-corrected chi connectivity index (χ3v) is 2.42. The van der Waals surface area contributed by atoms with Crippen molar-refractivity contribution in [2.75, 3.05) is 0 Å². The minimum atomic E-state index is -5.36. The number of aromatic nitrogens is 1. The van der Waals surface area contributed by atoms with Crippen molar-refractivity contribution in [1.29, 1.82) is 0 Å². The molecule has 0 N–H and O–H groups in total. The van der Waals surface area contributed by atoms with Gasteiger partial charge in [-0.3, -0.25) is 4.79 Å². The predicted molar refractivity (Wildman–Crippen MR) is 55.7 cm³/mol. The van der Waals surface area contributed by atoms with Crippen molar-refractivity contribution in [3.63, 3.8) is 0 Å². The number of alkyl halides is 7. The Balaban J connectivity index is 3.59. The molecule has 3 nitrogen and oxygen atoms in total. The van der Waals surface area contributed by atoms with E-state index in [9.17, 15) is 31.1 Å². The number of hydrogen-bond acceptors (Lipinski definition) is 3. The Labute approximate surface area is 117 Å². The van der Waals surface area contributed by atoms with Crippen LogP contribution in [0.5, 0.6) is 5.75 Å². The summed E-state index contributed by atoms with van der Waals surface area (Å²) in [4.78, 5) is 14.0. The molecule has 0 amide bonds. The van der Waals surface area contributed by atoms with Crippen molar-refractivity contribution in [2.24, 2.45) is 0 Å². The van der Waals surface area contributed by atoms with Gasteiger partial charge in [0.05, 0.1) is 12.1 Å². The minimum Gasteiger partial charge on any atom is -0.403 e. The van der Waals surface area contributed by atoms with Crippen LogP contribution in [-0.4, -0.2) is 16.6 Å². The predicted octanol–water partition coefficient (Wildman–Crippen LogP) is 4.12. The van der Waals surface area contributed by atoms with E-state index in [0.717, 1.165) is 0 Å². The van der Waals surface area contributed by atoms with Crippen molar-refractivity contribution in [2.45, 2.75) is 18.4 Å². The van der Waals surface area contributed by atoms with Gasteiger partial charge in [0.25, 0.3) is 5.24 Å². The SMILES string of the molecule is O=C(Cl)c1ncc(OC(F)(F)F)c(C(F)(F)F)c1CCl. The lowest BCUT2D eigenvalue weighted by molar-refractivity contribution is -0.276. The number of rotatable bonds is 3. The molecule has 0 aliphatic carbocycles. The molecular weight excluding hydrogens is 339 g/mol. The molecule has 0 fully saturated rings. The van der Waals surface area contributed by atoms with Gasteiger partial charge in [-0.25, -0.2) is 4.98 Å². The fraction of sp³-hybridized carbons (Fsp3) is 0.333. The largest absolute Gasteiger partial charge is 0.573 e. The molecule has 0 saturated heterocycles. The van der Waals surface area contributed by atoms with E-state index in [2.05, 4.69) is 9.72 Å². The maximum Gasteiger partial charge on any atom is 0.573 e. The lowest BCUT2D eigenvalue weighted by Crippen LogP contribution is -2.22. The van der Waals surface area contributed by atoms with Gasteiger partial charge in [-0.1, -0.05) is 0 Å². The summed E-state index contributed by atoms with van der Waals surface area (Å²) in [7, 11) is 0. The van der Waals surface area contributed by atoms with Gasteiger partial charge in [-0.05, 0) is 11.6 Å². The first-order valence-electron chi connectivity index (χ1n) is 4.58. The molecule has 0 unspecified atom stereocenters. The first-order valence-corrected chi connectivity index (χ1v) is 5.49. The summed E-state index contributed by atoms with van der Waals surface area (Å²) in [5.41, 5.74) is -3.71. The summed E-state index contributed by atoms with van der Waals surface area (Å²) in [6.45, 7) is 0. The Morgan fingerprint density at radius 3 is 2.15 bits per heavy atom. The maximum atomic E-state index is 12.8. The quantitative estimate of drug-likeness (QED) is 0.471. The molecule has 1 heterocycles. The topological polar surface area (TPSA) is 39.2 Å². The van der Waals surface area contributed by atoms with Gasteiger partial charge in [-0.2, -0.15) is 13.2 Å². The van der Waals surface area contributed by atoms with Gasteiger partial charge in [-0.15, -0.1) is 24.8 Å². The Hall–Kier alpha value is -1.22. The van der Waals surface area contributed by atoms with Gasteiger partial charge in [0.15, 0.2) is 5.75 Å². The Bertz CT molecular complexity index is 528. The molecule has 1 rings (SSSR count). The van der Waals surface area contributed by atoms with Crippen LogP contribution < -0.4 is 4.74 Å². The zero-order valence-corrected chi connectivity index (χ0v) is 10.6. The van der Waals surface area contributed by atoms with Gasteiger partial charge < -0.3 is 4.74 Å². The second kappa shape index (κ2) is 5.65. The number of carbonyl (C=O) groups is 1. The standard InChI is InChI=1S/C9H3Cl2F6NO2/c10-1-3-5(8(12,13)14)4(20-9(15,16)17)2-18-6(3)7(11)19/h2H,1H2. The van der Waals surface area contributed by atoms with Crippen molar-refractivity contribution in [3.8, 4) is 5.75 Å². The summed E-state index contributed by atoms with van der Waals surface area (Å²) in [6, 6.07) is 0. The van der Waals surface area contributed by atoms with Crippen molar-refractivity contribution >= 4 is 28.4 Å². The Morgan fingerprint density at radius 1 is 1.25 bits per heavy atom. The fourth-order valence-corrected chi connectivity index (χ4v) is 1.77. The molecule has 1 aromatic rings. The van der Waals surface area contributed by atoms with Crippen molar-refractivity contribution in [3.05, 3.63) is 23.0 Å². The Morgan fingerprint density at radius 2 is 1.80 bits per heavy atom. The van der Waals surface area contributed by atoms with Gasteiger partial charge >= 0.3 is 12.5 Å². The zero-order chi connectivity index (χ0) is 15.7. The van der Waals surface area contributed by atoms with Gasteiger partial charge in [0, 0.05) is 5.56 Å². The molecule has 11 heteroatoms. The van der Waals surface area contributed by atoms with Crippen LogP contribution in [0.4, 0.5) is 26.3 Å². The van der Waals surface area contributed by atoms with E-state index < -0.39 is 46.2 Å². The van der Waals surface area contributed by atoms with E-state index in [-0.39, 0.29) is 6.20 Å². The third kappa shape index (κ3) is 3.89. The van der Waals surface area contributed by atoms with Crippen LogP contribution in [-0.2, 0) is 12.1 Å². The van der Waals surface area contributed by atoms with Crippen LogP contribution >= 0.6 is 23.2 Å². The second-order valence-corrected chi connectivity index (χ2v) is 3.89. The first-order chi connectivity index (χ1) is 8.97. The summed E-state index contributed by atoms with van der Waals surface area (Å²) < 4.78 is 77.9. The molecule has 0 aliphatic heterocycles. The molecule has 112 valence electrons. The Kier molecular flexibility index (Phi) is 4.75. The average molecular weight is 342 g/mol. The molecule has 0 radical (unpaired) electrons. The van der Waals surface area contributed by atoms with Crippen molar-refractivity contribution in [1.82, 2.24) is 4.98 Å². The lowest BCUT2D eigenvalue weighted by Gasteiger charge is -2.18. The first kappa shape index (κ1) is 16.8. The number of ether oxygens (including phenoxy) is 1. The molecule has 0 spiro atoms. The smallest absolute Gasteiger partial charge is 0.403 e. The van der Waals surface area contributed by atoms with E-state index >= 15 is 0 Å². The van der Waals surface area contributed by atoms with E-state index in [0.29, 0.717) is 0 Å². The molecule has 1 aromatic heterocycles. The number of halogens is 8. The van der Waals surface area contributed by atoms with E-state index in [1.165, 1.54) is 0 Å². The highest BCUT2D eigenvalue weighted by atomic mass is 35.5. The number of carbonyl (C=O) groups excluding carboxylic acids is 1. The van der Waals surface area contributed by atoms with Gasteiger partial charge in [0.1, 0.15) is 11.3 Å². The number of hydrogen-bond donors (Lipinski definition) is 0. The molecule has 0 bridgehead atoms. The lowest BCUT2D eigenvalue weighted by atomic mass is 10.1. The van der Waals surface area contributed by atoms with Crippen molar-refractivity contribution < 1.29 is 35.9 Å². The summed E-state index contributed by atoms with van der Waals surface area (Å²) in [5.74, 6) is -2.53. The van der Waals surface area contributed by atoms with Crippen LogP contribution in [0.1, 0.15) is 21.6 Å². The second-order valence-electron chi connectivity index (χ2n) is 3.28.